The van der Waals surface area contributed by atoms with E-state index < -0.39 is 16.3 Å². The molecule has 0 bridgehead atoms. The number of hydrogen-bond acceptors (Lipinski definition) is 5. The third-order valence-corrected chi connectivity index (χ3v) is 6.04. The van der Waals surface area contributed by atoms with Crippen molar-refractivity contribution in [1.29, 1.82) is 0 Å². The molecule has 0 fully saturated rings. The lowest BCUT2D eigenvalue weighted by molar-refractivity contribution is -0.698. The number of hydrogen-bond donors (Lipinski definition) is 1. The molecule has 0 aliphatic rings. The minimum Gasteiger partial charge on any atom is -1.00 e. The largest absolute Gasteiger partial charge is 1.00 e. The molecule has 1 aromatic carbocycles. The zero-order chi connectivity index (χ0) is 23.2. The highest BCUT2D eigenvalue weighted by atomic mass is 35.5. The Morgan fingerprint density at radius 3 is 2.06 bits per heavy atom. The van der Waals surface area contributed by atoms with Crippen molar-refractivity contribution in [3.8, 4) is 5.75 Å². The molecule has 0 amide bonds. The van der Waals surface area contributed by atoms with Crippen molar-refractivity contribution in [3.63, 3.8) is 0 Å². The highest BCUT2D eigenvalue weighted by Gasteiger charge is 2.12. The molecule has 0 unspecified atom stereocenters. The Hall–Kier alpha value is -2.16. The molecule has 2 rings (SSSR count). The quantitative estimate of drug-likeness (QED) is 0.141. The molecule has 1 aromatic heterocycles. The smallest absolute Gasteiger partial charge is 0.514 e. The van der Waals surface area contributed by atoms with E-state index in [4.69, 9.17) is 14.0 Å². The minimum absolute atomic E-state index is 0. The van der Waals surface area contributed by atoms with Gasteiger partial charge >= 0.3 is 6.16 Å². The number of benzene rings is 1. The summed E-state index contributed by atoms with van der Waals surface area (Å²) in [6.07, 6.45) is 14.6. The summed E-state index contributed by atoms with van der Waals surface area (Å²) in [5, 5.41) is 0. The third kappa shape index (κ3) is 12.0. The van der Waals surface area contributed by atoms with Crippen molar-refractivity contribution in [2.24, 2.45) is 0 Å². The molecular formula is C24H34ClNO6S. The summed E-state index contributed by atoms with van der Waals surface area (Å²) in [6.45, 7) is 2.88. The molecule has 0 saturated heterocycles. The fourth-order valence-electron chi connectivity index (χ4n) is 3.31. The van der Waals surface area contributed by atoms with E-state index in [2.05, 4.69) is 19.1 Å². The number of rotatable bonds is 14. The first kappa shape index (κ1) is 28.9. The van der Waals surface area contributed by atoms with Gasteiger partial charge in [0, 0.05) is 12.1 Å². The number of ether oxygens (including phenoxy) is 2. The monoisotopic (exact) mass is 499 g/mol. The van der Waals surface area contributed by atoms with Crippen LogP contribution >= 0.6 is 0 Å². The Morgan fingerprint density at radius 1 is 0.909 bits per heavy atom. The molecule has 1 N–H and O–H groups in total. The fraction of sp³-hybridized carbons (Fsp3) is 0.500. The molecule has 0 aliphatic heterocycles. The zero-order valence-electron chi connectivity index (χ0n) is 19.1. The average Bonchev–Trinajstić information content (AvgIpc) is 2.76. The van der Waals surface area contributed by atoms with Gasteiger partial charge in [0.2, 0.25) is 0 Å². The molecule has 0 atom stereocenters. The third-order valence-electron chi connectivity index (χ3n) is 5.17. The highest BCUT2D eigenvalue weighted by Crippen LogP contribution is 2.16. The summed E-state index contributed by atoms with van der Waals surface area (Å²) < 4.78 is 42.9. The topological polar surface area (TPSA) is 93.8 Å². The predicted molar refractivity (Wildman–Crippen MR) is 121 cm³/mol. The van der Waals surface area contributed by atoms with Gasteiger partial charge in [-0.25, -0.2) is 9.36 Å². The Labute approximate surface area is 203 Å². The van der Waals surface area contributed by atoms with E-state index in [1.165, 1.54) is 69.1 Å². The van der Waals surface area contributed by atoms with Crippen LogP contribution in [0.4, 0.5) is 4.79 Å². The Balaban J connectivity index is 0.00000544. The number of nitrogens with zero attached hydrogens (tertiary/aromatic N) is 1. The van der Waals surface area contributed by atoms with Crippen molar-refractivity contribution in [1.82, 2.24) is 0 Å². The maximum absolute atomic E-state index is 11.8. The molecule has 0 saturated carbocycles. The summed E-state index contributed by atoms with van der Waals surface area (Å²) in [4.78, 5) is 11.5. The van der Waals surface area contributed by atoms with Crippen LogP contribution in [0.2, 0.25) is 0 Å². The molecule has 7 nitrogen and oxygen atoms in total. The summed E-state index contributed by atoms with van der Waals surface area (Å²) in [6, 6.07) is 9.01. The van der Waals surface area contributed by atoms with E-state index in [-0.39, 0.29) is 29.7 Å². The van der Waals surface area contributed by atoms with Crippen LogP contribution < -0.4 is 21.7 Å². The van der Waals surface area contributed by atoms with Crippen molar-refractivity contribution in [3.05, 3.63) is 54.4 Å². The lowest BCUT2D eigenvalue weighted by atomic mass is 10.0. The van der Waals surface area contributed by atoms with Crippen LogP contribution in [0.5, 0.6) is 5.75 Å². The molecule has 33 heavy (non-hydrogen) atoms. The van der Waals surface area contributed by atoms with E-state index in [1.54, 1.807) is 0 Å². The van der Waals surface area contributed by atoms with Gasteiger partial charge < -0.3 is 21.9 Å². The van der Waals surface area contributed by atoms with Gasteiger partial charge in [-0.1, -0.05) is 51.9 Å². The van der Waals surface area contributed by atoms with E-state index in [9.17, 15) is 13.2 Å². The van der Waals surface area contributed by atoms with Crippen molar-refractivity contribution >= 4 is 16.3 Å². The summed E-state index contributed by atoms with van der Waals surface area (Å²) in [5.41, 5.74) is 1.31. The number of carbonyl (C=O) groups excluding carboxylic acids is 1. The molecule has 184 valence electrons. The first-order chi connectivity index (χ1) is 15.4. The van der Waals surface area contributed by atoms with Crippen LogP contribution in [0.15, 0.2) is 53.7 Å². The second-order valence-corrected chi connectivity index (χ2v) is 9.24. The second-order valence-electron chi connectivity index (χ2n) is 7.82. The maximum Gasteiger partial charge on any atom is 0.514 e. The minimum atomic E-state index is -4.28. The van der Waals surface area contributed by atoms with Crippen molar-refractivity contribution in [2.45, 2.75) is 76.2 Å². The number of unbranched alkanes of at least 4 members (excludes halogenated alkanes) is 7. The standard InChI is InChI=1S/C24H33NO6S.ClH/c1-2-3-4-5-6-7-8-9-10-21-15-17-25(18-16-21)19-20-30-24(26)31-22-11-13-23(14-12-22)32(27,28)29;/h11-18H,2-10,19-20H2,1H3;1H. The van der Waals surface area contributed by atoms with Gasteiger partial charge in [-0.05, 0) is 42.7 Å². The highest BCUT2D eigenvalue weighted by molar-refractivity contribution is 7.85. The lowest BCUT2D eigenvalue weighted by Gasteiger charge is -2.05. The molecule has 0 radical (unpaired) electrons. The lowest BCUT2D eigenvalue weighted by Crippen LogP contribution is -3.00. The molecule has 0 aliphatic carbocycles. The van der Waals surface area contributed by atoms with Crippen LogP contribution in [-0.4, -0.2) is 25.7 Å². The summed E-state index contributed by atoms with van der Waals surface area (Å²) in [7, 11) is -4.28. The van der Waals surface area contributed by atoms with Crippen molar-refractivity contribution in [2.75, 3.05) is 6.61 Å². The van der Waals surface area contributed by atoms with Gasteiger partial charge in [-0.15, -0.1) is 0 Å². The predicted octanol–water partition coefficient (Wildman–Crippen LogP) is 2.12. The Morgan fingerprint density at radius 2 is 1.48 bits per heavy atom. The summed E-state index contributed by atoms with van der Waals surface area (Å²) >= 11 is 0. The van der Waals surface area contributed by atoms with Crippen molar-refractivity contribution < 1.29 is 44.2 Å². The Kier molecular flexibility index (Phi) is 13.7. The van der Waals surface area contributed by atoms with Gasteiger partial charge in [0.25, 0.3) is 10.1 Å². The van der Waals surface area contributed by atoms with E-state index in [1.807, 2.05) is 17.0 Å². The first-order valence-electron chi connectivity index (χ1n) is 11.3. The van der Waals surface area contributed by atoms with Gasteiger partial charge in [-0.3, -0.25) is 4.55 Å². The summed E-state index contributed by atoms with van der Waals surface area (Å²) in [5.74, 6) is 0.125. The Bertz CT molecular complexity index is 917. The van der Waals surface area contributed by atoms with Gasteiger partial charge in [0.1, 0.15) is 5.75 Å². The number of carbonyl (C=O) groups is 1. The van der Waals surface area contributed by atoms with Gasteiger partial charge in [0.15, 0.2) is 25.5 Å². The van der Waals surface area contributed by atoms with Crippen LogP contribution in [0, 0.1) is 0 Å². The number of pyridine rings is 1. The molecule has 0 spiro atoms. The van der Waals surface area contributed by atoms with Gasteiger partial charge in [0.05, 0.1) is 4.90 Å². The van der Waals surface area contributed by atoms with Crippen LogP contribution in [0.25, 0.3) is 0 Å². The average molecular weight is 500 g/mol. The number of aromatic nitrogens is 1. The number of halogens is 1. The maximum atomic E-state index is 11.8. The molecule has 1 heterocycles. The zero-order valence-corrected chi connectivity index (χ0v) is 20.7. The SMILES string of the molecule is CCCCCCCCCCc1cc[n+](CCOC(=O)Oc2ccc(S(=O)(=O)O)cc2)cc1.[Cl-]. The molecule has 2 aromatic rings. The van der Waals surface area contributed by atoms with E-state index in [0.29, 0.717) is 6.54 Å². The van der Waals surface area contributed by atoms with Gasteiger partial charge in [-0.2, -0.15) is 8.42 Å². The van der Waals surface area contributed by atoms with Crippen LogP contribution in [0.3, 0.4) is 0 Å². The number of aryl methyl sites for hydroxylation is 1. The fourth-order valence-corrected chi connectivity index (χ4v) is 3.79. The van der Waals surface area contributed by atoms with Crippen LogP contribution in [-0.2, 0) is 27.8 Å². The second kappa shape index (κ2) is 15.6. The first-order valence-corrected chi connectivity index (χ1v) is 12.7. The normalized spacial score (nSPS) is 11.0. The van der Waals surface area contributed by atoms with E-state index in [0.717, 1.165) is 18.6 Å². The molecule has 9 heteroatoms. The van der Waals surface area contributed by atoms with E-state index >= 15 is 0 Å². The molecular weight excluding hydrogens is 466 g/mol. The van der Waals surface area contributed by atoms with Crippen LogP contribution in [0.1, 0.15) is 63.9 Å².